The van der Waals surface area contributed by atoms with Crippen molar-refractivity contribution < 1.29 is 15.0 Å². The molecule has 1 heterocycles. The van der Waals surface area contributed by atoms with Crippen molar-refractivity contribution in [2.75, 3.05) is 6.54 Å². The summed E-state index contributed by atoms with van der Waals surface area (Å²) in [6, 6.07) is -0.186. The number of nitrogens with zero attached hydrogens (tertiary/aromatic N) is 1. The summed E-state index contributed by atoms with van der Waals surface area (Å²) in [6.07, 6.45) is 13.9. The van der Waals surface area contributed by atoms with Gasteiger partial charge in [-0.1, -0.05) is 77.6 Å². The molecular weight excluding hydrogens is 314 g/mol. The van der Waals surface area contributed by atoms with Crippen LogP contribution in [0.5, 0.6) is 0 Å². The van der Waals surface area contributed by atoms with Gasteiger partial charge in [-0.3, -0.25) is 4.79 Å². The van der Waals surface area contributed by atoms with Crippen molar-refractivity contribution in [3.8, 4) is 0 Å². The minimum Gasteiger partial charge on any atom is -0.393 e. The Hall–Kier alpha value is -0.610. The number of aliphatic hydroxyl groups excluding tert-OH is 2. The summed E-state index contributed by atoms with van der Waals surface area (Å²) in [5.41, 5.74) is 0. The van der Waals surface area contributed by atoms with Crippen LogP contribution in [-0.2, 0) is 4.79 Å². The topological polar surface area (TPSA) is 60.8 Å². The molecule has 1 fully saturated rings. The molecule has 0 aliphatic carbocycles. The Morgan fingerprint density at radius 1 is 1.00 bits per heavy atom. The van der Waals surface area contributed by atoms with Gasteiger partial charge in [-0.15, -0.1) is 0 Å². The van der Waals surface area contributed by atoms with Crippen LogP contribution in [-0.4, -0.2) is 45.8 Å². The van der Waals surface area contributed by atoms with Crippen molar-refractivity contribution >= 4 is 5.91 Å². The molecule has 25 heavy (non-hydrogen) atoms. The summed E-state index contributed by atoms with van der Waals surface area (Å²) in [7, 11) is 0. The van der Waals surface area contributed by atoms with E-state index in [0.717, 1.165) is 19.3 Å². The number of carbonyl (C=O) groups is 1. The summed E-state index contributed by atoms with van der Waals surface area (Å²) in [4.78, 5) is 13.2. The van der Waals surface area contributed by atoms with Crippen LogP contribution in [0.15, 0.2) is 0 Å². The third kappa shape index (κ3) is 8.08. The number of carbonyl (C=O) groups excluding carboxylic acids is 1. The molecule has 148 valence electrons. The van der Waals surface area contributed by atoms with E-state index in [2.05, 4.69) is 6.92 Å². The van der Waals surface area contributed by atoms with Crippen LogP contribution >= 0.6 is 0 Å². The number of aliphatic hydroxyl groups is 2. The van der Waals surface area contributed by atoms with Crippen LogP contribution in [0.4, 0.5) is 0 Å². The molecule has 0 unspecified atom stereocenters. The van der Waals surface area contributed by atoms with Gasteiger partial charge in [0.05, 0.1) is 18.2 Å². The van der Waals surface area contributed by atoms with Crippen LogP contribution in [0.3, 0.4) is 0 Å². The van der Waals surface area contributed by atoms with Gasteiger partial charge in [0.15, 0.2) is 0 Å². The van der Waals surface area contributed by atoms with E-state index >= 15 is 0 Å². The molecular formula is C21H41NO3. The molecule has 0 spiro atoms. The predicted octanol–water partition coefficient (Wildman–Crippen LogP) is 4.28. The fraction of sp³-hybridized carbons (Fsp3) is 0.952. The average molecular weight is 356 g/mol. The van der Waals surface area contributed by atoms with Crippen LogP contribution < -0.4 is 0 Å². The van der Waals surface area contributed by atoms with E-state index in [0.29, 0.717) is 6.54 Å². The van der Waals surface area contributed by atoms with Crippen molar-refractivity contribution in [3.05, 3.63) is 0 Å². The number of hydrogen-bond donors (Lipinski definition) is 2. The van der Waals surface area contributed by atoms with Crippen molar-refractivity contribution in [1.82, 2.24) is 4.90 Å². The van der Waals surface area contributed by atoms with E-state index in [1.165, 1.54) is 64.7 Å². The lowest BCUT2D eigenvalue weighted by molar-refractivity contribution is -0.130. The number of hydrogen-bond acceptors (Lipinski definition) is 3. The summed E-state index contributed by atoms with van der Waals surface area (Å²) in [5.74, 6) is -0.210. The molecule has 4 atom stereocenters. The largest absolute Gasteiger partial charge is 0.393 e. The zero-order valence-corrected chi connectivity index (χ0v) is 16.8. The molecule has 1 aliphatic heterocycles. The number of likely N-dealkylation sites (tertiary alicyclic amines) is 1. The zero-order chi connectivity index (χ0) is 18.7. The second-order valence-corrected chi connectivity index (χ2v) is 7.96. The molecule has 1 rings (SSSR count). The normalized spacial score (nSPS) is 24.7. The maximum atomic E-state index is 11.6. The maximum Gasteiger partial charge on any atom is 0.219 e. The third-order valence-electron chi connectivity index (χ3n) is 5.83. The second kappa shape index (κ2) is 12.7. The van der Waals surface area contributed by atoms with Gasteiger partial charge in [-0.2, -0.15) is 0 Å². The minimum absolute atomic E-state index is 0.0176. The van der Waals surface area contributed by atoms with Gasteiger partial charge < -0.3 is 15.1 Å². The number of unbranched alkanes of at least 4 members (excludes halogenated alkanes) is 10. The molecule has 1 amide bonds. The fourth-order valence-corrected chi connectivity index (χ4v) is 4.04. The summed E-state index contributed by atoms with van der Waals surface area (Å²) in [5, 5.41) is 20.7. The standard InChI is InChI=1S/C21H41NO3/c1-4-5-6-7-8-9-10-11-12-13-14-15-20(24)19-16-22(18(3)23)17(2)21(19)25/h17,19-21,24-25H,4-16H2,1-3H3/t17-,19+,20+,21-/m0/s1. The number of rotatable bonds is 13. The highest BCUT2D eigenvalue weighted by molar-refractivity contribution is 5.74. The van der Waals surface area contributed by atoms with Gasteiger partial charge >= 0.3 is 0 Å². The first-order valence-corrected chi connectivity index (χ1v) is 10.6. The van der Waals surface area contributed by atoms with Crippen molar-refractivity contribution in [2.45, 2.75) is 116 Å². The summed E-state index contributed by atoms with van der Waals surface area (Å²) >= 11 is 0. The molecule has 0 aromatic rings. The van der Waals surface area contributed by atoms with E-state index in [1.807, 2.05) is 6.92 Å². The Balaban J connectivity index is 2.04. The van der Waals surface area contributed by atoms with Crippen molar-refractivity contribution in [3.63, 3.8) is 0 Å². The lowest BCUT2D eigenvalue weighted by atomic mass is 9.92. The first-order chi connectivity index (χ1) is 12.0. The van der Waals surface area contributed by atoms with E-state index < -0.39 is 12.2 Å². The Morgan fingerprint density at radius 2 is 1.48 bits per heavy atom. The smallest absolute Gasteiger partial charge is 0.219 e. The van der Waals surface area contributed by atoms with Gasteiger partial charge in [0, 0.05) is 19.4 Å². The predicted molar refractivity (Wildman–Crippen MR) is 103 cm³/mol. The van der Waals surface area contributed by atoms with Crippen LogP contribution in [0.2, 0.25) is 0 Å². The summed E-state index contributed by atoms with van der Waals surface area (Å²) < 4.78 is 0. The van der Waals surface area contributed by atoms with Gasteiger partial charge in [0.25, 0.3) is 0 Å². The van der Waals surface area contributed by atoms with Crippen molar-refractivity contribution in [1.29, 1.82) is 0 Å². The lowest BCUT2D eigenvalue weighted by Crippen LogP contribution is -2.36. The van der Waals surface area contributed by atoms with Crippen molar-refractivity contribution in [2.24, 2.45) is 5.92 Å². The van der Waals surface area contributed by atoms with Gasteiger partial charge in [0.2, 0.25) is 5.91 Å². The fourth-order valence-electron chi connectivity index (χ4n) is 4.04. The van der Waals surface area contributed by atoms with E-state index in [1.54, 1.807) is 4.90 Å². The van der Waals surface area contributed by atoms with Crippen LogP contribution in [0, 0.1) is 5.92 Å². The molecule has 4 nitrogen and oxygen atoms in total. The van der Waals surface area contributed by atoms with Crippen LogP contribution in [0.25, 0.3) is 0 Å². The highest BCUT2D eigenvalue weighted by Crippen LogP contribution is 2.28. The Kier molecular flexibility index (Phi) is 11.4. The highest BCUT2D eigenvalue weighted by atomic mass is 16.3. The SMILES string of the molecule is CCCCCCCCCCCCC[C@@H](O)[C@H]1CN(C(C)=O)[C@@H](C)[C@@H]1O. The molecule has 0 saturated carbocycles. The molecule has 2 N–H and O–H groups in total. The van der Waals surface area contributed by atoms with E-state index in [4.69, 9.17) is 0 Å². The monoisotopic (exact) mass is 355 g/mol. The first-order valence-electron chi connectivity index (χ1n) is 10.6. The quantitative estimate of drug-likeness (QED) is 0.485. The van der Waals surface area contributed by atoms with Crippen LogP contribution in [0.1, 0.15) is 97.8 Å². The maximum absolute atomic E-state index is 11.6. The third-order valence-corrected chi connectivity index (χ3v) is 5.83. The zero-order valence-electron chi connectivity index (χ0n) is 16.8. The molecule has 4 heteroatoms. The van der Waals surface area contributed by atoms with E-state index in [-0.39, 0.29) is 17.9 Å². The molecule has 0 aromatic carbocycles. The second-order valence-electron chi connectivity index (χ2n) is 7.96. The highest BCUT2D eigenvalue weighted by Gasteiger charge is 2.42. The minimum atomic E-state index is -0.605. The first kappa shape index (κ1) is 22.4. The Bertz CT molecular complexity index is 361. The summed E-state index contributed by atoms with van der Waals surface area (Å²) in [6.45, 7) is 6.13. The van der Waals surface area contributed by atoms with Gasteiger partial charge in [-0.05, 0) is 13.3 Å². The Labute approximate surface area is 155 Å². The average Bonchev–Trinajstić information content (AvgIpc) is 2.88. The van der Waals surface area contributed by atoms with E-state index in [9.17, 15) is 15.0 Å². The molecule has 0 bridgehead atoms. The Morgan fingerprint density at radius 3 is 1.92 bits per heavy atom. The molecule has 0 aromatic heterocycles. The number of amides is 1. The molecule has 1 aliphatic rings. The lowest BCUT2D eigenvalue weighted by Gasteiger charge is -2.21. The van der Waals surface area contributed by atoms with Gasteiger partial charge in [0.1, 0.15) is 0 Å². The molecule has 1 saturated heterocycles. The van der Waals surface area contributed by atoms with Gasteiger partial charge in [-0.25, -0.2) is 0 Å². The molecule has 0 radical (unpaired) electrons.